The minimum atomic E-state index is -4.70. The molecule has 3 aliphatic heterocycles. The van der Waals surface area contributed by atoms with Gasteiger partial charge in [-0.1, -0.05) is 12.1 Å². The van der Waals surface area contributed by atoms with E-state index < -0.39 is 6.36 Å². The first kappa shape index (κ1) is 18.1. The Bertz CT molecular complexity index is 784. The quantitative estimate of drug-likeness (QED) is 0.849. The van der Waals surface area contributed by atoms with E-state index in [1.165, 1.54) is 44.1 Å². The second-order valence-electron chi connectivity index (χ2n) is 7.29. The van der Waals surface area contributed by atoms with Gasteiger partial charge in [0.05, 0.1) is 0 Å². The van der Waals surface area contributed by atoms with Gasteiger partial charge in [0.15, 0.2) is 0 Å². The third-order valence-electron chi connectivity index (χ3n) is 5.66. The van der Waals surface area contributed by atoms with Gasteiger partial charge in [-0.25, -0.2) is 4.98 Å². The molecule has 3 saturated heterocycles. The number of nitrogens with one attached hydrogen (secondary N) is 1. The highest BCUT2D eigenvalue weighted by Crippen LogP contribution is 2.34. The van der Waals surface area contributed by atoms with E-state index in [-0.39, 0.29) is 5.75 Å². The van der Waals surface area contributed by atoms with Crippen LogP contribution in [0, 0.1) is 5.92 Å². The molecule has 1 aromatic carbocycles. The van der Waals surface area contributed by atoms with Gasteiger partial charge in [-0.15, -0.1) is 13.2 Å². The Morgan fingerprint density at radius 1 is 1.11 bits per heavy atom. The van der Waals surface area contributed by atoms with Crippen LogP contribution in [-0.2, 0) is 0 Å². The Morgan fingerprint density at radius 3 is 2.52 bits per heavy atom. The smallest absolute Gasteiger partial charge is 0.406 e. The van der Waals surface area contributed by atoms with Gasteiger partial charge >= 0.3 is 6.36 Å². The molecular formula is C20H22F3N3O. The van der Waals surface area contributed by atoms with Crippen molar-refractivity contribution in [3.63, 3.8) is 0 Å². The molecule has 2 unspecified atom stereocenters. The van der Waals surface area contributed by atoms with Crippen molar-refractivity contribution >= 4 is 5.82 Å². The third kappa shape index (κ3) is 4.03. The molecule has 2 aromatic rings. The fraction of sp³-hybridized carbons (Fsp3) is 0.450. The average molecular weight is 377 g/mol. The van der Waals surface area contributed by atoms with E-state index in [0.29, 0.717) is 23.6 Å². The van der Waals surface area contributed by atoms with Crippen LogP contribution in [-0.4, -0.2) is 41.4 Å². The number of hydrogen-bond acceptors (Lipinski definition) is 4. The highest BCUT2D eigenvalue weighted by Gasteiger charge is 2.39. The molecule has 0 aliphatic carbocycles. The first-order chi connectivity index (χ1) is 12.9. The minimum absolute atomic E-state index is 0.233. The molecule has 144 valence electrons. The molecule has 4 nitrogen and oxygen atoms in total. The molecule has 1 aromatic heterocycles. The van der Waals surface area contributed by atoms with Gasteiger partial charge in [0.1, 0.15) is 11.6 Å². The Morgan fingerprint density at radius 2 is 1.89 bits per heavy atom. The third-order valence-corrected chi connectivity index (χ3v) is 5.66. The molecule has 0 amide bonds. The number of benzene rings is 1. The van der Waals surface area contributed by atoms with Crippen LogP contribution in [0.5, 0.6) is 5.75 Å². The highest BCUT2D eigenvalue weighted by molar-refractivity contribution is 5.65. The number of rotatable bonds is 4. The van der Waals surface area contributed by atoms with Crippen molar-refractivity contribution in [2.24, 2.45) is 5.92 Å². The van der Waals surface area contributed by atoms with E-state index >= 15 is 0 Å². The van der Waals surface area contributed by atoms with Crippen molar-refractivity contribution in [3.05, 3.63) is 42.6 Å². The number of ether oxygens (including phenoxy) is 1. The van der Waals surface area contributed by atoms with Crippen LogP contribution in [0.2, 0.25) is 0 Å². The molecule has 27 heavy (non-hydrogen) atoms. The summed E-state index contributed by atoms with van der Waals surface area (Å²) in [4.78, 5) is 6.99. The van der Waals surface area contributed by atoms with Crippen LogP contribution < -0.4 is 10.1 Å². The van der Waals surface area contributed by atoms with Gasteiger partial charge in [-0.2, -0.15) is 0 Å². The summed E-state index contributed by atoms with van der Waals surface area (Å²) in [6.07, 6.45) is -0.587. The van der Waals surface area contributed by atoms with Crippen LogP contribution >= 0.6 is 0 Å². The molecule has 7 heteroatoms. The van der Waals surface area contributed by atoms with E-state index in [1.54, 1.807) is 12.3 Å². The summed E-state index contributed by atoms with van der Waals surface area (Å²) in [7, 11) is 0. The Balaban J connectivity index is 1.47. The molecule has 2 atom stereocenters. The fourth-order valence-corrected chi connectivity index (χ4v) is 4.24. The summed E-state index contributed by atoms with van der Waals surface area (Å²) in [5, 5.41) is 3.56. The number of piperidine rings is 3. The summed E-state index contributed by atoms with van der Waals surface area (Å²) in [6, 6.07) is 10.6. The summed E-state index contributed by atoms with van der Waals surface area (Å²) in [5.74, 6) is 1.23. The maximum absolute atomic E-state index is 12.4. The summed E-state index contributed by atoms with van der Waals surface area (Å²) in [6.45, 7) is 4.60. The molecule has 0 saturated carbocycles. The number of nitrogens with zero attached hydrogens (tertiary/aromatic N) is 2. The lowest BCUT2D eigenvalue weighted by Crippen LogP contribution is -2.59. The lowest BCUT2D eigenvalue weighted by Gasteiger charge is -2.50. The van der Waals surface area contributed by atoms with Gasteiger partial charge in [0.25, 0.3) is 0 Å². The zero-order valence-electron chi connectivity index (χ0n) is 15.0. The van der Waals surface area contributed by atoms with E-state index in [1.807, 2.05) is 12.1 Å². The molecule has 3 fully saturated rings. The van der Waals surface area contributed by atoms with Crippen LogP contribution in [0.3, 0.4) is 0 Å². The average Bonchev–Trinajstić information content (AvgIpc) is 2.64. The van der Waals surface area contributed by atoms with Crippen LogP contribution in [0.4, 0.5) is 19.0 Å². The van der Waals surface area contributed by atoms with Gasteiger partial charge < -0.3 is 10.1 Å². The number of halogens is 3. The molecule has 1 N–H and O–H groups in total. The second-order valence-corrected chi connectivity index (χ2v) is 7.29. The van der Waals surface area contributed by atoms with Gasteiger partial charge in [-0.05, 0) is 68.6 Å². The van der Waals surface area contributed by atoms with Gasteiger partial charge in [-0.3, -0.25) is 4.90 Å². The first-order valence-corrected chi connectivity index (χ1v) is 9.22. The highest BCUT2D eigenvalue weighted by atomic mass is 19.4. The Kier molecular flexibility index (Phi) is 4.72. The standard InChI is InChI=1S/C20H22F3N3O/c1-13-19(14-7-9-26(13)10-8-14)25-18-6-5-16(12-24-18)15-3-2-4-17(11-15)27-20(21,22)23/h2-6,11-14,19H,7-10H2,1H3,(H,24,25). The largest absolute Gasteiger partial charge is 0.573 e. The Hall–Kier alpha value is -2.28. The van der Waals surface area contributed by atoms with E-state index in [2.05, 4.69) is 26.9 Å². The molecular weight excluding hydrogens is 355 g/mol. The topological polar surface area (TPSA) is 37.4 Å². The number of aromatic nitrogens is 1. The maximum atomic E-state index is 12.4. The van der Waals surface area contributed by atoms with E-state index in [0.717, 1.165) is 11.4 Å². The van der Waals surface area contributed by atoms with Crippen molar-refractivity contribution < 1.29 is 17.9 Å². The number of fused-ring (bicyclic) bond motifs is 3. The predicted octanol–water partition coefficient (Wildman–Crippen LogP) is 4.54. The number of hydrogen-bond donors (Lipinski definition) is 1. The summed E-state index contributed by atoms with van der Waals surface area (Å²) < 4.78 is 41.2. The minimum Gasteiger partial charge on any atom is -0.406 e. The number of pyridine rings is 1. The molecule has 0 spiro atoms. The van der Waals surface area contributed by atoms with E-state index in [4.69, 9.17) is 0 Å². The second kappa shape index (κ2) is 7.03. The fourth-order valence-electron chi connectivity index (χ4n) is 4.24. The first-order valence-electron chi connectivity index (χ1n) is 9.22. The van der Waals surface area contributed by atoms with Crippen molar-refractivity contribution in [3.8, 4) is 16.9 Å². The molecule has 5 rings (SSSR count). The lowest BCUT2D eigenvalue weighted by atomic mass is 9.79. The normalized spacial score (nSPS) is 27.4. The zero-order chi connectivity index (χ0) is 19.0. The van der Waals surface area contributed by atoms with Crippen LogP contribution in [0.15, 0.2) is 42.6 Å². The summed E-state index contributed by atoms with van der Waals surface area (Å²) >= 11 is 0. The van der Waals surface area contributed by atoms with Crippen molar-refractivity contribution in [1.82, 2.24) is 9.88 Å². The van der Waals surface area contributed by atoms with E-state index in [9.17, 15) is 13.2 Å². The van der Waals surface area contributed by atoms with Gasteiger partial charge in [0, 0.05) is 23.8 Å². The number of anilines is 1. The van der Waals surface area contributed by atoms with Crippen molar-refractivity contribution in [2.45, 2.75) is 38.2 Å². The van der Waals surface area contributed by atoms with Crippen LogP contribution in [0.1, 0.15) is 19.8 Å². The predicted molar refractivity (Wildman–Crippen MR) is 97.5 cm³/mol. The molecule has 0 radical (unpaired) electrons. The number of alkyl halides is 3. The zero-order valence-corrected chi connectivity index (χ0v) is 15.0. The van der Waals surface area contributed by atoms with Crippen LogP contribution in [0.25, 0.3) is 11.1 Å². The van der Waals surface area contributed by atoms with Gasteiger partial charge in [0.2, 0.25) is 0 Å². The lowest BCUT2D eigenvalue weighted by molar-refractivity contribution is -0.274. The van der Waals surface area contributed by atoms with Crippen molar-refractivity contribution in [1.29, 1.82) is 0 Å². The summed E-state index contributed by atoms with van der Waals surface area (Å²) in [5.41, 5.74) is 1.38. The Labute approximate surface area is 156 Å². The SMILES string of the molecule is CC1C(Nc2ccc(-c3cccc(OC(F)(F)F)c3)cn2)C2CCN1CC2. The molecule has 4 heterocycles. The monoisotopic (exact) mass is 377 g/mol. The molecule has 2 bridgehead atoms. The maximum Gasteiger partial charge on any atom is 0.573 e. The molecule has 3 aliphatic rings. The van der Waals surface area contributed by atoms with Crippen molar-refractivity contribution in [2.75, 3.05) is 18.4 Å².